The highest BCUT2D eigenvalue weighted by Gasteiger charge is 2.77. The molecule has 4 heterocycles. The van der Waals surface area contributed by atoms with Crippen LogP contribution in [-0.2, 0) is 28.4 Å². The molecule has 1 aliphatic carbocycles. The monoisotopic (exact) mass is 508 g/mol. The Labute approximate surface area is 199 Å². The molecule has 14 nitrogen and oxygen atoms in total. The Balaban J connectivity index is 1.34. The van der Waals surface area contributed by atoms with Crippen LogP contribution in [0.2, 0.25) is 0 Å². The quantitative estimate of drug-likeness (QED) is 0.158. The lowest BCUT2D eigenvalue weighted by Gasteiger charge is -2.44. The van der Waals surface area contributed by atoms with Gasteiger partial charge in [0.2, 0.25) is 6.29 Å². The molecule has 8 N–H and O–H groups in total. The maximum atomic E-state index is 10.4. The molecule has 0 spiro atoms. The zero-order chi connectivity index (χ0) is 25.2. The first-order valence-corrected chi connectivity index (χ1v) is 11.6. The molecule has 0 radical (unpaired) electrons. The minimum absolute atomic E-state index is 0.434. The molecule has 35 heavy (non-hydrogen) atoms. The summed E-state index contributed by atoms with van der Waals surface area (Å²) in [7, 11) is 0. The van der Waals surface area contributed by atoms with Crippen LogP contribution < -0.4 is 0 Å². The van der Waals surface area contributed by atoms with Gasteiger partial charge in [0.1, 0.15) is 54.4 Å². The molecule has 0 bridgehead atoms. The van der Waals surface area contributed by atoms with Crippen molar-refractivity contribution in [2.45, 2.75) is 92.4 Å². The van der Waals surface area contributed by atoms with Gasteiger partial charge >= 0.3 is 0 Å². The molecule has 4 aliphatic heterocycles. The summed E-state index contributed by atoms with van der Waals surface area (Å²) in [5, 5.41) is 80.4. The van der Waals surface area contributed by atoms with E-state index in [2.05, 4.69) is 0 Å². The van der Waals surface area contributed by atoms with E-state index in [9.17, 15) is 40.9 Å². The number of hydrogen-bond donors (Lipinski definition) is 8. The van der Waals surface area contributed by atoms with Crippen molar-refractivity contribution in [2.75, 3.05) is 13.2 Å². The van der Waals surface area contributed by atoms with Crippen LogP contribution in [0.3, 0.4) is 0 Å². The van der Waals surface area contributed by atoms with Crippen LogP contribution in [0.5, 0.6) is 0 Å². The number of epoxide rings is 1. The Morgan fingerprint density at radius 2 is 1.46 bits per heavy atom. The maximum absolute atomic E-state index is 10.4. The zero-order valence-electron chi connectivity index (χ0n) is 18.8. The average molecular weight is 508 g/mol. The first kappa shape index (κ1) is 25.7. The van der Waals surface area contributed by atoms with Crippen molar-refractivity contribution in [3.63, 3.8) is 0 Å². The Hall–Kier alpha value is -0.980. The van der Waals surface area contributed by atoms with E-state index in [1.54, 1.807) is 6.08 Å². The average Bonchev–Trinajstić information content (AvgIpc) is 3.53. The smallest absolute Gasteiger partial charge is 0.208 e. The van der Waals surface area contributed by atoms with Crippen molar-refractivity contribution in [3.8, 4) is 0 Å². The Morgan fingerprint density at radius 3 is 2.11 bits per heavy atom. The van der Waals surface area contributed by atoms with E-state index in [-0.39, 0.29) is 0 Å². The lowest BCUT2D eigenvalue weighted by molar-refractivity contribution is -0.347. The van der Waals surface area contributed by atoms with Gasteiger partial charge in [-0.05, 0) is 13.0 Å². The molecule has 0 amide bonds. The van der Waals surface area contributed by atoms with Crippen LogP contribution in [0, 0.1) is 11.8 Å². The Morgan fingerprint density at radius 1 is 0.800 bits per heavy atom. The van der Waals surface area contributed by atoms with Gasteiger partial charge in [0.05, 0.1) is 37.6 Å². The Bertz CT molecular complexity index is 796. The van der Waals surface area contributed by atoms with E-state index >= 15 is 0 Å². The number of aliphatic hydroxyl groups is 8. The number of fused-ring (bicyclic) bond motifs is 3. The molecule has 0 aromatic heterocycles. The van der Waals surface area contributed by atoms with E-state index in [0.29, 0.717) is 0 Å². The van der Waals surface area contributed by atoms with Crippen LogP contribution in [0.15, 0.2) is 12.3 Å². The highest BCUT2D eigenvalue weighted by Crippen LogP contribution is 2.61. The third-order valence-electron chi connectivity index (χ3n) is 7.70. The van der Waals surface area contributed by atoms with Crippen molar-refractivity contribution in [1.82, 2.24) is 0 Å². The molecule has 1 saturated carbocycles. The van der Waals surface area contributed by atoms with Crippen molar-refractivity contribution < 1.29 is 69.3 Å². The number of rotatable bonds is 6. The SMILES string of the molecule is C[C@@H]1O[C@@H](O[C@H]2[C@H]3C=CO[C@@H](O[C@@H]4O[C@H](CO)[C@H](O)[C@H](O)[C@H]4O)[C@@H]3[C@@]3(CO)O[C@@H]23)[C@H](O)[C@H](O)[C@H]1O. The third kappa shape index (κ3) is 4.01. The van der Waals surface area contributed by atoms with Crippen molar-refractivity contribution in [1.29, 1.82) is 0 Å². The van der Waals surface area contributed by atoms with Gasteiger partial charge in [0.25, 0.3) is 0 Å². The number of hydrogen-bond acceptors (Lipinski definition) is 14. The second-order valence-electron chi connectivity index (χ2n) is 9.70. The molecule has 4 fully saturated rings. The fraction of sp³-hybridized carbons (Fsp3) is 0.905. The molecule has 16 atom stereocenters. The van der Waals surface area contributed by atoms with Gasteiger partial charge in [0, 0.05) is 5.92 Å². The van der Waals surface area contributed by atoms with Crippen molar-refractivity contribution in [3.05, 3.63) is 12.3 Å². The molecular formula is C21H32O14. The number of aliphatic hydroxyl groups excluding tert-OH is 8. The molecule has 0 unspecified atom stereocenters. The molecular weight excluding hydrogens is 476 g/mol. The van der Waals surface area contributed by atoms with Crippen LogP contribution in [-0.4, -0.2) is 140 Å². The van der Waals surface area contributed by atoms with Gasteiger partial charge in [-0.15, -0.1) is 0 Å². The molecule has 0 aromatic carbocycles. The topological polar surface area (TPSA) is 221 Å². The maximum Gasteiger partial charge on any atom is 0.208 e. The molecule has 5 rings (SSSR count). The summed E-state index contributed by atoms with van der Waals surface area (Å²) in [6.07, 6.45) is -13.5. The van der Waals surface area contributed by atoms with Crippen LogP contribution in [0.4, 0.5) is 0 Å². The minimum atomic E-state index is -1.66. The summed E-state index contributed by atoms with van der Waals surface area (Å²) in [6, 6.07) is 0. The van der Waals surface area contributed by atoms with E-state index in [4.69, 9.17) is 28.4 Å². The largest absolute Gasteiger partial charge is 0.472 e. The first-order valence-electron chi connectivity index (χ1n) is 11.6. The highest BCUT2D eigenvalue weighted by molar-refractivity contribution is 5.25. The van der Waals surface area contributed by atoms with E-state index in [0.717, 1.165) is 0 Å². The summed E-state index contributed by atoms with van der Waals surface area (Å²) >= 11 is 0. The Kier molecular flexibility index (Phi) is 6.89. The van der Waals surface area contributed by atoms with Crippen molar-refractivity contribution in [2.24, 2.45) is 11.8 Å². The lowest BCUT2D eigenvalue weighted by Crippen LogP contribution is -2.60. The van der Waals surface area contributed by atoms with Gasteiger partial charge in [-0.3, -0.25) is 0 Å². The molecule has 0 aromatic rings. The van der Waals surface area contributed by atoms with Crippen LogP contribution in [0.25, 0.3) is 0 Å². The normalized spacial score (nSPS) is 57.3. The first-order chi connectivity index (χ1) is 16.6. The van der Waals surface area contributed by atoms with Gasteiger partial charge in [-0.2, -0.15) is 0 Å². The van der Waals surface area contributed by atoms with Crippen molar-refractivity contribution >= 4 is 0 Å². The number of ether oxygens (including phenoxy) is 6. The van der Waals surface area contributed by atoms with Gasteiger partial charge in [-0.25, -0.2) is 0 Å². The van der Waals surface area contributed by atoms with Gasteiger partial charge in [0.15, 0.2) is 12.6 Å². The zero-order valence-corrected chi connectivity index (χ0v) is 18.8. The molecule has 14 heteroatoms. The highest BCUT2D eigenvalue weighted by atomic mass is 16.8. The molecule has 200 valence electrons. The van der Waals surface area contributed by atoms with Gasteiger partial charge in [-0.1, -0.05) is 0 Å². The summed E-state index contributed by atoms with van der Waals surface area (Å²) < 4.78 is 34.2. The second kappa shape index (κ2) is 9.40. The molecule has 3 saturated heterocycles. The summed E-state index contributed by atoms with van der Waals surface area (Å²) in [5.41, 5.74) is -1.15. The summed E-state index contributed by atoms with van der Waals surface area (Å²) in [4.78, 5) is 0. The van der Waals surface area contributed by atoms with E-state index in [1.807, 2.05) is 0 Å². The predicted molar refractivity (Wildman–Crippen MR) is 108 cm³/mol. The van der Waals surface area contributed by atoms with E-state index in [1.165, 1.54) is 13.2 Å². The van der Waals surface area contributed by atoms with E-state index < -0.39 is 111 Å². The summed E-state index contributed by atoms with van der Waals surface area (Å²) in [6.45, 7) is 0.459. The van der Waals surface area contributed by atoms with Crippen LogP contribution >= 0.6 is 0 Å². The third-order valence-corrected chi connectivity index (χ3v) is 7.70. The summed E-state index contributed by atoms with van der Waals surface area (Å²) in [5.74, 6) is -1.17. The van der Waals surface area contributed by atoms with Gasteiger partial charge < -0.3 is 69.3 Å². The molecule has 5 aliphatic rings. The second-order valence-corrected chi connectivity index (χ2v) is 9.70. The predicted octanol–water partition coefficient (Wildman–Crippen LogP) is -4.74. The minimum Gasteiger partial charge on any atom is -0.472 e. The van der Waals surface area contributed by atoms with Crippen LogP contribution in [0.1, 0.15) is 6.92 Å². The lowest BCUT2D eigenvalue weighted by atomic mass is 9.85. The fourth-order valence-corrected chi connectivity index (χ4v) is 5.59. The standard InChI is InChI=1S/C21H32O14/c1-6-10(24)12(26)14(28)19(31-6)33-16-7-2-3-30-18(9(7)21(5-23)17(16)35-21)34-20-15(29)13(27)11(25)8(4-22)32-20/h2-3,6-20,22-29H,4-5H2,1H3/t6-,7-,8+,9+,10-,11-,12+,13-,14+,15+,16-,17-,18-,19-,20-,21+/m0/s1. The fourth-order valence-electron chi connectivity index (χ4n) is 5.59.